The van der Waals surface area contributed by atoms with E-state index in [1.807, 2.05) is 0 Å². The van der Waals surface area contributed by atoms with Gasteiger partial charge in [0.2, 0.25) is 0 Å². The molecular formula is C56H112. The quantitative estimate of drug-likeness (QED) is 0.229. The van der Waals surface area contributed by atoms with E-state index in [2.05, 4.69) is 55.4 Å². The summed E-state index contributed by atoms with van der Waals surface area (Å²) in [5.41, 5.74) is 0. The first-order valence-corrected chi connectivity index (χ1v) is 27.2. The molecule has 0 aromatic heterocycles. The predicted octanol–water partition coefficient (Wildman–Crippen LogP) is 20.7. The summed E-state index contributed by atoms with van der Waals surface area (Å²) in [6.45, 7) is 18.9. The smallest absolute Gasteiger partial charge is 0.0443 e. The first-order chi connectivity index (χ1) is 27.2. The highest BCUT2D eigenvalue weighted by Gasteiger charge is 2.10. The maximum Gasteiger partial charge on any atom is -0.0443 e. The van der Waals surface area contributed by atoms with Gasteiger partial charge in [-0.15, -0.1) is 0 Å². The van der Waals surface area contributed by atoms with Crippen LogP contribution in [0.1, 0.15) is 312 Å². The highest BCUT2D eigenvalue weighted by atomic mass is 14.2. The Balaban J connectivity index is 0.000000320. The molecule has 0 aromatic rings. The molecule has 8 rings (SSSR count). The average Bonchev–Trinajstić information content (AvgIpc) is 3.22. The lowest BCUT2D eigenvalue weighted by Gasteiger charge is -2.15. The number of hydrogen-bond donors (Lipinski definition) is 0. The van der Waals surface area contributed by atoms with E-state index in [1.165, 1.54) is 257 Å². The Morgan fingerprint density at radius 2 is 0.196 bits per heavy atom. The molecule has 8 aliphatic rings. The summed E-state index contributed by atoms with van der Waals surface area (Å²) in [7, 11) is 0. The van der Waals surface area contributed by atoms with E-state index < -0.39 is 0 Å². The summed E-state index contributed by atoms with van der Waals surface area (Å²) < 4.78 is 0. The van der Waals surface area contributed by atoms with E-state index in [-0.39, 0.29) is 0 Å². The highest BCUT2D eigenvalue weighted by Crippen LogP contribution is 2.26. The van der Waals surface area contributed by atoms with Crippen molar-refractivity contribution in [3.63, 3.8) is 0 Å². The van der Waals surface area contributed by atoms with Gasteiger partial charge < -0.3 is 0 Å². The SMILES string of the molecule is CC1CCCCC1.CC1CCCCC1.CC1CCCCC1.CC1CCCCC1.CC1CCCCC1.CC1CCCCC1.CC1CCCCC1.CC1CCCCC1. The van der Waals surface area contributed by atoms with Gasteiger partial charge in [-0.25, -0.2) is 0 Å². The highest BCUT2D eigenvalue weighted by molar-refractivity contribution is 4.64. The normalized spacial score (nSPS) is 25.3. The van der Waals surface area contributed by atoms with Gasteiger partial charge in [-0.1, -0.05) is 312 Å². The van der Waals surface area contributed by atoms with Crippen molar-refractivity contribution >= 4 is 0 Å². The molecule has 0 aromatic carbocycles. The molecule has 0 nitrogen and oxygen atoms in total. The van der Waals surface area contributed by atoms with Gasteiger partial charge in [0.05, 0.1) is 0 Å². The van der Waals surface area contributed by atoms with Gasteiger partial charge in [0.25, 0.3) is 0 Å². The molecule has 0 atom stereocenters. The van der Waals surface area contributed by atoms with Crippen LogP contribution in [0, 0.1) is 47.3 Å². The fourth-order valence-electron chi connectivity index (χ4n) is 10.5. The fraction of sp³-hybridized carbons (Fsp3) is 1.00. The Bertz CT molecular complexity index is 528. The molecule has 0 heteroatoms. The van der Waals surface area contributed by atoms with Crippen molar-refractivity contribution in [1.82, 2.24) is 0 Å². The third-order valence-electron chi connectivity index (χ3n) is 15.2. The molecule has 0 radical (unpaired) electrons. The van der Waals surface area contributed by atoms with Gasteiger partial charge in [0.15, 0.2) is 0 Å². The molecule has 0 spiro atoms. The maximum atomic E-state index is 2.36. The molecule has 336 valence electrons. The summed E-state index contributed by atoms with van der Waals surface area (Å²) >= 11 is 0. The van der Waals surface area contributed by atoms with Crippen molar-refractivity contribution in [2.45, 2.75) is 312 Å². The second kappa shape index (κ2) is 39.2. The van der Waals surface area contributed by atoms with Crippen LogP contribution in [0.5, 0.6) is 0 Å². The Kier molecular flexibility index (Phi) is 37.8. The Labute approximate surface area is 358 Å². The minimum atomic E-state index is 1.04. The largest absolute Gasteiger partial charge is 0.0625 e. The maximum absolute atomic E-state index is 2.36. The molecule has 0 aliphatic heterocycles. The predicted molar refractivity (Wildman–Crippen MR) is 258 cm³/mol. The van der Waals surface area contributed by atoms with Crippen LogP contribution in [0.15, 0.2) is 0 Å². The van der Waals surface area contributed by atoms with Gasteiger partial charge >= 0.3 is 0 Å². The monoisotopic (exact) mass is 785 g/mol. The Hall–Kier alpha value is 0. The lowest BCUT2D eigenvalue weighted by Crippen LogP contribution is -1.99. The fourth-order valence-corrected chi connectivity index (χ4v) is 10.5. The minimum Gasteiger partial charge on any atom is -0.0625 e. The zero-order valence-electron chi connectivity index (χ0n) is 40.9. The molecule has 0 bridgehead atoms. The van der Waals surface area contributed by atoms with Crippen LogP contribution >= 0.6 is 0 Å². The standard InChI is InChI=1S/8C7H14/c8*1-7-5-3-2-4-6-7/h8*7H,2-6H2,1H3. The van der Waals surface area contributed by atoms with Crippen LogP contribution in [-0.2, 0) is 0 Å². The van der Waals surface area contributed by atoms with E-state index in [0.29, 0.717) is 0 Å². The molecule has 8 aliphatic carbocycles. The molecule has 0 saturated heterocycles. The van der Waals surface area contributed by atoms with Crippen molar-refractivity contribution in [2.75, 3.05) is 0 Å². The lowest BCUT2D eigenvalue weighted by atomic mass is 9.91. The molecule has 0 N–H and O–H groups in total. The molecule has 0 unspecified atom stereocenters. The average molecular weight is 786 g/mol. The third kappa shape index (κ3) is 37.0. The van der Waals surface area contributed by atoms with E-state index in [0.717, 1.165) is 47.3 Å². The van der Waals surface area contributed by atoms with Crippen molar-refractivity contribution in [3.8, 4) is 0 Å². The molecule has 8 fully saturated rings. The summed E-state index contributed by atoms with van der Waals surface area (Å²) in [5.74, 6) is 8.29. The minimum absolute atomic E-state index is 1.04. The van der Waals surface area contributed by atoms with Crippen molar-refractivity contribution < 1.29 is 0 Å². The topological polar surface area (TPSA) is 0 Å². The van der Waals surface area contributed by atoms with Crippen LogP contribution in [0.2, 0.25) is 0 Å². The first kappa shape index (κ1) is 54.0. The van der Waals surface area contributed by atoms with E-state index >= 15 is 0 Å². The zero-order valence-corrected chi connectivity index (χ0v) is 40.9. The van der Waals surface area contributed by atoms with Crippen LogP contribution < -0.4 is 0 Å². The Morgan fingerprint density at radius 1 is 0.125 bits per heavy atom. The van der Waals surface area contributed by atoms with Gasteiger partial charge in [-0.2, -0.15) is 0 Å². The second-order valence-electron chi connectivity index (χ2n) is 21.9. The van der Waals surface area contributed by atoms with Crippen molar-refractivity contribution in [1.29, 1.82) is 0 Å². The van der Waals surface area contributed by atoms with Gasteiger partial charge in [0, 0.05) is 0 Å². The lowest BCUT2D eigenvalue weighted by molar-refractivity contribution is 0.385. The van der Waals surface area contributed by atoms with Crippen LogP contribution in [0.25, 0.3) is 0 Å². The summed E-state index contributed by atoms with van der Waals surface area (Å²) in [4.78, 5) is 0. The van der Waals surface area contributed by atoms with Crippen molar-refractivity contribution in [3.05, 3.63) is 0 Å². The van der Waals surface area contributed by atoms with Crippen molar-refractivity contribution in [2.24, 2.45) is 47.3 Å². The summed E-state index contributed by atoms with van der Waals surface area (Å²) in [6, 6.07) is 0. The van der Waals surface area contributed by atoms with E-state index in [4.69, 9.17) is 0 Å². The van der Waals surface area contributed by atoms with Gasteiger partial charge in [0.1, 0.15) is 0 Å². The van der Waals surface area contributed by atoms with Gasteiger partial charge in [-0.3, -0.25) is 0 Å². The van der Waals surface area contributed by atoms with E-state index in [1.54, 1.807) is 0 Å². The van der Waals surface area contributed by atoms with E-state index in [9.17, 15) is 0 Å². The third-order valence-corrected chi connectivity index (χ3v) is 15.2. The number of hydrogen-bond acceptors (Lipinski definition) is 0. The van der Waals surface area contributed by atoms with Crippen LogP contribution in [0.4, 0.5) is 0 Å². The second-order valence-corrected chi connectivity index (χ2v) is 21.9. The summed E-state index contributed by atoms with van der Waals surface area (Å²) in [5, 5.41) is 0. The number of rotatable bonds is 0. The first-order valence-electron chi connectivity index (χ1n) is 27.2. The molecule has 0 heterocycles. The summed E-state index contributed by atoms with van der Waals surface area (Å²) in [6.07, 6.45) is 59.5. The molecular weight excluding hydrogens is 673 g/mol. The van der Waals surface area contributed by atoms with Gasteiger partial charge in [-0.05, 0) is 47.3 Å². The molecule has 56 heavy (non-hydrogen) atoms. The van der Waals surface area contributed by atoms with Crippen LogP contribution in [0.3, 0.4) is 0 Å². The zero-order chi connectivity index (χ0) is 40.9. The van der Waals surface area contributed by atoms with Crippen LogP contribution in [-0.4, -0.2) is 0 Å². The Morgan fingerprint density at radius 3 is 0.232 bits per heavy atom. The molecule has 0 amide bonds. The molecule has 8 saturated carbocycles.